The maximum absolute atomic E-state index is 13.3. The molecule has 29 heavy (non-hydrogen) atoms. The lowest BCUT2D eigenvalue weighted by atomic mass is 10.2. The molecule has 0 fully saturated rings. The van der Waals surface area contributed by atoms with Gasteiger partial charge in [-0.1, -0.05) is 34.2 Å². The number of thioether (sulfide) groups is 1. The van der Waals surface area contributed by atoms with Gasteiger partial charge in [-0.3, -0.25) is 9.69 Å². The van der Waals surface area contributed by atoms with Crippen LogP contribution in [0.5, 0.6) is 0 Å². The highest BCUT2D eigenvalue weighted by molar-refractivity contribution is 9.10. The Morgan fingerprint density at radius 2 is 1.86 bits per heavy atom. The second kappa shape index (κ2) is 11.3. The normalized spacial score (nSPS) is 10.9. The molecule has 0 saturated carbocycles. The number of anilines is 1. The molecule has 1 amide bonds. The highest BCUT2D eigenvalue weighted by atomic mass is 79.9. The molecule has 0 N–H and O–H groups in total. The Labute approximate surface area is 195 Å². The van der Waals surface area contributed by atoms with Crippen LogP contribution in [0.3, 0.4) is 0 Å². The number of halogens is 2. The molecular weight excluding hydrogens is 490 g/mol. The Balaban J connectivity index is 0.00000300. The molecule has 0 unspecified atom stereocenters. The quantitative estimate of drug-likeness (QED) is 0.336. The molecule has 1 heterocycles. The molecule has 1 aromatic heterocycles. The van der Waals surface area contributed by atoms with E-state index >= 15 is 0 Å². The second-order valence-corrected chi connectivity index (χ2v) is 9.94. The van der Waals surface area contributed by atoms with Crippen molar-refractivity contribution in [3.8, 4) is 0 Å². The number of hydrogen-bond acceptors (Lipinski definition) is 5. The summed E-state index contributed by atoms with van der Waals surface area (Å²) in [6, 6.07) is 13.9. The van der Waals surface area contributed by atoms with Gasteiger partial charge in [-0.05, 0) is 75.3 Å². The Kier molecular flexibility index (Phi) is 9.43. The van der Waals surface area contributed by atoms with E-state index < -0.39 is 0 Å². The van der Waals surface area contributed by atoms with Crippen LogP contribution in [0.15, 0.2) is 51.8 Å². The number of aromatic nitrogens is 1. The van der Waals surface area contributed by atoms with Crippen molar-refractivity contribution in [1.29, 1.82) is 0 Å². The Morgan fingerprint density at radius 3 is 2.52 bits per heavy atom. The number of fused-ring (bicyclic) bond motifs is 1. The number of benzene rings is 2. The molecule has 0 spiro atoms. The number of rotatable bonds is 8. The SMILES string of the molecule is CCSc1ccc(C(=O)N(CCCN(C)C)c2nc3ccc(Br)cc3s2)cc1.Cl. The summed E-state index contributed by atoms with van der Waals surface area (Å²) in [6.45, 7) is 3.69. The minimum atomic E-state index is 0. The summed E-state index contributed by atoms with van der Waals surface area (Å²) >= 11 is 6.85. The maximum atomic E-state index is 13.3. The molecule has 0 aliphatic rings. The van der Waals surface area contributed by atoms with Crippen LogP contribution in [0.25, 0.3) is 10.2 Å². The van der Waals surface area contributed by atoms with Crippen molar-refractivity contribution in [2.24, 2.45) is 0 Å². The maximum Gasteiger partial charge on any atom is 0.260 e. The highest BCUT2D eigenvalue weighted by Crippen LogP contribution is 2.32. The van der Waals surface area contributed by atoms with E-state index in [0.717, 1.165) is 38.5 Å². The van der Waals surface area contributed by atoms with Crippen LogP contribution in [0.4, 0.5) is 5.13 Å². The topological polar surface area (TPSA) is 36.4 Å². The number of carbonyl (C=O) groups excluding carboxylic acids is 1. The third-order valence-electron chi connectivity index (χ3n) is 4.21. The van der Waals surface area contributed by atoms with Crippen LogP contribution in [-0.4, -0.2) is 48.7 Å². The van der Waals surface area contributed by atoms with Gasteiger partial charge in [0.1, 0.15) is 0 Å². The summed E-state index contributed by atoms with van der Waals surface area (Å²) in [5.41, 5.74) is 1.62. The van der Waals surface area contributed by atoms with Crippen molar-refractivity contribution < 1.29 is 4.79 Å². The van der Waals surface area contributed by atoms with E-state index in [1.807, 2.05) is 55.4 Å². The summed E-state index contributed by atoms with van der Waals surface area (Å²) in [7, 11) is 4.09. The number of nitrogens with zero attached hydrogens (tertiary/aromatic N) is 3. The van der Waals surface area contributed by atoms with Crippen LogP contribution in [0, 0.1) is 0 Å². The molecule has 0 aliphatic carbocycles. The fourth-order valence-corrected chi connectivity index (χ4v) is 5.05. The second-order valence-electron chi connectivity index (χ2n) is 6.68. The average molecular weight is 515 g/mol. The first-order valence-corrected chi connectivity index (χ1v) is 11.8. The van der Waals surface area contributed by atoms with E-state index in [0.29, 0.717) is 12.1 Å². The summed E-state index contributed by atoms with van der Waals surface area (Å²) in [4.78, 5) is 23.2. The van der Waals surface area contributed by atoms with Gasteiger partial charge in [0.05, 0.1) is 10.2 Å². The van der Waals surface area contributed by atoms with Gasteiger partial charge < -0.3 is 4.90 Å². The minimum Gasteiger partial charge on any atom is -0.309 e. The average Bonchev–Trinajstić information content (AvgIpc) is 3.08. The number of carbonyl (C=O) groups is 1. The van der Waals surface area contributed by atoms with Gasteiger partial charge in [-0.25, -0.2) is 4.98 Å². The van der Waals surface area contributed by atoms with Gasteiger partial charge in [0.15, 0.2) is 5.13 Å². The van der Waals surface area contributed by atoms with E-state index in [1.165, 1.54) is 4.90 Å². The standard InChI is InChI=1S/C21H24BrN3OS2.ClH/c1-4-27-17-9-6-15(7-10-17)20(26)25(13-5-12-24(2)3)21-23-18-11-8-16(22)14-19(18)28-21;/h6-11,14H,4-5,12-13H2,1-3H3;1H. The number of thiazole rings is 1. The van der Waals surface area contributed by atoms with Gasteiger partial charge in [-0.15, -0.1) is 24.2 Å². The van der Waals surface area contributed by atoms with Gasteiger partial charge >= 0.3 is 0 Å². The zero-order valence-corrected chi connectivity index (χ0v) is 20.8. The zero-order chi connectivity index (χ0) is 20.1. The molecule has 0 radical (unpaired) electrons. The van der Waals surface area contributed by atoms with Crippen molar-refractivity contribution in [2.75, 3.05) is 37.8 Å². The number of amides is 1. The van der Waals surface area contributed by atoms with E-state index in [2.05, 4.69) is 33.8 Å². The molecule has 8 heteroatoms. The predicted molar refractivity (Wildman–Crippen MR) is 132 cm³/mol. The lowest BCUT2D eigenvalue weighted by Crippen LogP contribution is -2.33. The first kappa shape index (κ1) is 24.2. The third kappa shape index (κ3) is 6.43. The van der Waals surface area contributed by atoms with Crippen LogP contribution < -0.4 is 4.90 Å². The summed E-state index contributed by atoms with van der Waals surface area (Å²) in [6.07, 6.45) is 0.891. The first-order valence-electron chi connectivity index (χ1n) is 9.23. The van der Waals surface area contributed by atoms with E-state index in [-0.39, 0.29) is 18.3 Å². The Morgan fingerprint density at radius 1 is 1.14 bits per heavy atom. The summed E-state index contributed by atoms with van der Waals surface area (Å²) in [5, 5.41) is 0.754. The monoisotopic (exact) mass is 513 g/mol. The molecular formula is C21H25BrClN3OS2. The first-order chi connectivity index (χ1) is 13.5. The molecule has 3 rings (SSSR count). The summed E-state index contributed by atoms with van der Waals surface area (Å²) < 4.78 is 2.09. The predicted octanol–water partition coefficient (Wildman–Crippen LogP) is 6.19. The van der Waals surface area contributed by atoms with E-state index in [1.54, 1.807) is 23.1 Å². The Bertz CT molecular complexity index is 947. The lowest BCUT2D eigenvalue weighted by molar-refractivity contribution is 0.0986. The molecule has 0 saturated heterocycles. The van der Waals surface area contributed by atoms with Gasteiger partial charge in [0, 0.05) is 21.5 Å². The van der Waals surface area contributed by atoms with Crippen molar-refractivity contribution >= 4 is 72.7 Å². The van der Waals surface area contributed by atoms with Gasteiger partial charge in [0.2, 0.25) is 0 Å². The fraction of sp³-hybridized carbons (Fsp3) is 0.333. The zero-order valence-electron chi connectivity index (χ0n) is 16.7. The molecule has 3 aromatic rings. The molecule has 4 nitrogen and oxygen atoms in total. The molecule has 156 valence electrons. The van der Waals surface area contributed by atoms with Crippen LogP contribution in [0.1, 0.15) is 23.7 Å². The Hall–Kier alpha value is -1.12. The molecule has 0 bridgehead atoms. The van der Waals surface area contributed by atoms with E-state index in [9.17, 15) is 4.79 Å². The molecule has 2 aromatic carbocycles. The largest absolute Gasteiger partial charge is 0.309 e. The van der Waals surface area contributed by atoms with Gasteiger partial charge in [-0.2, -0.15) is 0 Å². The van der Waals surface area contributed by atoms with Crippen molar-refractivity contribution in [2.45, 2.75) is 18.2 Å². The smallest absolute Gasteiger partial charge is 0.260 e. The summed E-state index contributed by atoms with van der Waals surface area (Å²) in [5.74, 6) is 1.02. The number of hydrogen-bond donors (Lipinski definition) is 0. The van der Waals surface area contributed by atoms with Crippen molar-refractivity contribution in [3.05, 3.63) is 52.5 Å². The fourth-order valence-electron chi connectivity index (χ4n) is 2.85. The van der Waals surface area contributed by atoms with E-state index in [4.69, 9.17) is 4.98 Å². The van der Waals surface area contributed by atoms with Crippen LogP contribution >= 0.6 is 51.4 Å². The van der Waals surface area contributed by atoms with Crippen molar-refractivity contribution in [1.82, 2.24) is 9.88 Å². The minimum absolute atomic E-state index is 0. The molecule has 0 aliphatic heterocycles. The third-order valence-corrected chi connectivity index (χ3v) is 6.64. The lowest BCUT2D eigenvalue weighted by Gasteiger charge is -2.21. The highest BCUT2D eigenvalue weighted by Gasteiger charge is 2.21. The van der Waals surface area contributed by atoms with Crippen molar-refractivity contribution in [3.63, 3.8) is 0 Å². The van der Waals surface area contributed by atoms with Crippen LogP contribution in [-0.2, 0) is 0 Å². The molecule has 0 atom stereocenters. The van der Waals surface area contributed by atoms with Crippen LogP contribution in [0.2, 0.25) is 0 Å². The van der Waals surface area contributed by atoms with Gasteiger partial charge in [0.25, 0.3) is 5.91 Å².